The second kappa shape index (κ2) is 2.03. The Morgan fingerprint density at radius 2 is 2.44 bits per heavy atom. The van der Waals surface area contributed by atoms with E-state index in [1.807, 2.05) is 6.92 Å². The lowest BCUT2D eigenvalue weighted by atomic mass is 10.1. The average molecular weight is 144 g/mol. The minimum Gasteiger partial charge on any atom is -0.390 e. The maximum absolute atomic E-state index is 9.43. The normalized spacial score (nSPS) is 43.9. The first kappa shape index (κ1) is 7.16. The summed E-state index contributed by atoms with van der Waals surface area (Å²) in [4.78, 5) is 0. The molecule has 0 aliphatic heterocycles. The second-order valence-corrected chi connectivity index (χ2v) is 3.68. The van der Waals surface area contributed by atoms with Gasteiger partial charge in [-0.2, -0.15) is 12.6 Å². The summed E-state index contributed by atoms with van der Waals surface area (Å²) in [5.41, 5.74) is 0.520. The topological polar surface area (TPSA) is 20.2 Å². The van der Waals surface area contributed by atoms with Gasteiger partial charge in [0, 0.05) is 5.25 Å². The highest BCUT2D eigenvalue weighted by Gasteiger charge is 2.33. The van der Waals surface area contributed by atoms with Crippen LogP contribution in [0.15, 0.2) is 12.2 Å². The van der Waals surface area contributed by atoms with Crippen LogP contribution in [0.5, 0.6) is 0 Å². The van der Waals surface area contributed by atoms with E-state index in [9.17, 15) is 5.11 Å². The Bertz CT molecular complexity index is 140. The molecule has 1 fully saturated rings. The van der Waals surface area contributed by atoms with Gasteiger partial charge in [0.2, 0.25) is 0 Å². The second-order valence-electron chi connectivity index (χ2n) is 3.05. The molecule has 2 unspecified atom stereocenters. The van der Waals surface area contributed by atoms with Crippen molar-refractivity contribution in [1.82, 2.24) is 0 Å². The van der Waals surface area contributed by atoms with Gasteiger partial charge in [0.15, 0.2) is 0 Å². The molecule has 1 nitrogen and oxygen atoms in total. The van der Waals surface area contributed by atoms with Crippen molar-refractivity contribution in [3.05, 3.63) is 12.2 Å². The van der Waals surface area contributed by atoms with E-state index in [1.54, 1.807) is 0 Å². The molecule has 0 aromatic heterocycles. The van der Waals surface area contributed by atoms with Crippen molar-refractivity contribution in [2.75, 3.05) is 0 Å². The summed E-state index contributed by atoms with van der Waals surface area (Å²) in [7, 11) is 0. The summed E-state index contributed by atoms with van der Waals surface area (Å²) in [5.74, 6) is 0. The number of rotatable bonds is 0. The highest BCUT2D eigenvalue weighted by Crippen LogP contribution is 2.35. The molecule has 1 N–H and O–H groups in total. The van der Waals surface area contributed by atoms with Crippen LogP contribution in [0.1, 0.15) is 19.8 Å². The molecule has 0 aromatic rings. The summed E-state index contributed by atoms with van der Waals surface area (Å²) in [6.45, 7) is 5.62. The lowest BCUT2D eigenvalue weighted by Crippen LogP contribution is -2.18. The molecule has 1 saturated carbocycles. The van der Waals surface area contributed by atoms with E-state index in [1.165, 1.54) is 0 Å². The maximum Gasteiger partial charge on any atom is 0.0670 e. The zero-order chi connectivity index (χ0) is 7.07. The third-order valence-corrected chi connectivity index (χ3v) is 2.26. The number of hydrogen-bond acceptors (Lipinski definition) is 2. The van der Waals surface area contributed by atoms with Crippen LogP contribution in [0.2, 0.25) is 0 Å². The Labute approximate surface area is 61.2 Å². The highest BCUT2D eigenvalue weighted by molar-refractivity contribution is 7.81. The van der Waals surface area contributed by atoms with Crippen LogP contribution in [0.4, 0.5) is 0 Å². The molecule has 52 valence electrons. The number of aliphatic hydroxyl groups is 1. The van der Waals surface area contributed by atoms with Crippen LogP contribution < -0.4 is 0 Å². The van der Waals surface area contributed by atoms with Gasteiger partial charge in [-0.1, -0.05) is 12.2 Å². The molecule has 1 rings (SSSR count). The van der Waals surface area contributed by atoms with Crippen molar-refractivity contribution in [2.24, 2.45) is 0 Å². The van der Waals surface area contributed by atoms with Gasteiger partial charge >= 0.3 is 0 Å². The fourth-order valence-electron chi connectivity index (χ4n) is 1.24. The Balaban J connectivity index is 2.65. The van der Waals surface area contributed by atoms with Crippen LogP contribution in [0.25, 0.3) is 0 Å². The molecule has 0 saturated heterocycles. The lowest BCUT2D eigenvalue weighted by molar-refractivity contribution is 0.0719. The minimum atomic E-state index is -0.538. The molecule has 0 amide bonds. The van der Waals surface area contributed by atoms with Gasteiger partial charge in [0.25, 0.3) is 0 Å². The van der Waals surface area contributed by atoms with E-state index in [-0.39, 0.29) is 5.25 Å². The van der Waals surface area contributed by atoms with Gasteiger partial charge < -0.3 is 5.11 Å². The first-order valence-electron chi connectivity index (χ1n) is 3.09. The molecular formula is C7H12OS. The largest absolute Gasteiger partial charge is 0.390 e. The molecule has 1 aliphatic rings. The van der Waals surface area contributed by atoms with Gasteiger partial charge in [0.1, 0.15) is 0 Å². The quantitative estimate of drug-likeness (QED) is 0.389. The Morgan fingerprint density at radius 3 is 2.56 bits per heavy atom. The molecule has 9 heavy (non-hydrogen) atoms. The first-order chi connectivity index (χ1) is 4.01. The van der Waals surface area contributed by atoms with Gasteiger partial charge in [0.05, 0.1) is 5.60 Å². The summed E-state index contributed by atoms with van der Waals surface area (Å²) in [5, 5.41) is 9.63. The molecule has 0 spiro atoms. The Kier molecular flexibility index (Phi) is 1.61. The van der Waals surface area contributed by atoms with Crippen LogP contribution in [-0.4, -0.2) is 16.0 Å². The molecule has 2 heteroatoms. The Hall–Kier alpha value is 0.0500. The van der Waals surface area contributed by atoms with Crippen molar-refractivity contribution in [3.63, 3.8) is 0 Å². The summed E-state index contributed by atoms with van der Waals surface area (Å²) < 4.78 is 0. The van der Waals surface area contributed by atoms with Crippen molar-refractivity contribution in [1.29, 1.82) is 0 Å². The maximum atomic E-state index is 9.43. The van der Waals surface area contributed by atoms with Crippen molar-refractivity contribution in [3.8, 4) is 0 Å². The fourth-order valence-corrected chi connectivity index (χ4v) is 1.72. The summed E-state index contributed by atoms with van der Waals surface area (Å²) in [6.07, 6.45) is 1.45. The molecule has 1 aliphatic carbocycles. The Morgan fingerprint density at radius 1 is 1.89 bits per heavy atom. The SMILES string of the molecule is C=C1CC(C)(O)CC1S. The summed E-state index contributed by atoms with van der Waals surface area (Å²) >= 11 is 4.24. The third-order valence-electron chi connectivity index (χ3n) is 1.71. The van der Waals surface area contributed by atoms with Crippen molar-refractivity contribution >= 4 is 12.6 Å². The molecule has 0 heterocycles. The predicted molar refractivity (Wildman–Crippen MR) is 41.8 cm³/mol. The van der Waals surface area contributed by atoms with E-state index in [2.05, 4.69) is 19.2 Å². The molecule has 0 radical (unpaired) electrons. The molecule has 2 atom stereocenters. The standard InChI is InChI=1S/C7H12OS/c1-5-3-7(2,8)4-6(5)9/h6,8-9H,1,3-4H2,2H3. The van der Waals surface area contributed by atoms with E-state index in [4.69, 9.17) is 0 Å². The van der Waals surface area contributed by atoms with Crippen molar-refractivity contribution < 1.29 is 5.11 Å². The van der Waals surface area contributed by atoms with Crippen LogP contribution in [0.3, 0.4) is 0 Å². The lowest BCUT2D eigenvalue weighted by Gasteiger charge is -2.13. The van der Waals surface area contributed by atoms with Crippen LogP contribution >= 0.6 is 12.6 Å². The highest BCUT2D eigenvalue weighted by atomic mass is 32.1. The van der Waals surface area contributed by atoms with Gasteiger partial charge in [-0.15, -0.1) is 0 Å². The van der Waals surface area contributed by atoms with Crippen molar-refractivity contribution in [2.45, 2.75) is 30.6 Å². The van der Waals surface area contributed by atoms with Crippen LogP contribution in [0, 0.1) is 0 Å². The van der Waals surface area contributed by atoms with Gasteiger partial charge in [-0.25, -0.2) is 0 Å². The average Bonchev–Trinajstić information content (AvgIpc) is 1.79. The van der Waals surface area contributed by atoms with E-state index >= 15 is 0 Å². The molecule has 0 bridgehead atoms. The van der Waals surface area contributed by atoms with E-state index in [0.717, 1.165) is 12.0 Å². The number of thiol groups is 1. The number of hydrogen-bond donors (Lipinski definition) is 2. The summed E-state index contributed by atoms with van der Waals surface area (Å²) in [6, 6.07) is 0. The predicted octanol–water partition coefficient (Wildman–Crippen LogP) is 1.39. The molecule has 0 aromatic carbocycles. The zero-order valence-electron chi connectivity index (χ0n) is 5.59. The van der Waals surface area contributed by atoms with Gasteiger partial charge in [-0.3, -0.25) is 0 Å². The third kappa shape index (κ3) is 1.49. The smallest absolute Gasteiger partial charge is 0.0670 e. The van der Waals surface area contributed by atoms with E-state index in [0.29, 0.717) is 6.42 Å². The monoisotopic (exact) mass is 144 g/mol. The minimum absolute atomic E-state index is 0.208. The van der Waals surface area contributed by atoms with E-state index < -0.39 is 5.60 Å². The molecular weight excluding hydrogens is 132 g/mol. The zero-order valence-corrected chi connectivity index (χ0v) is 6.49. The first-order valence-corrected chi connectivity index (χ1v) is 3.61. The fraction of sp³-hybridized carbons (Fsp3) is 0.714. The van der Waals surface area contributed by atoms with Gasteiger partial charge in [-0.05, 0) is 19.8 Å². The van der Waals surface area contributed by atoms with Crippen LogP contribution in [-0.2, 0) is 0 Å².